The molecule has 3 heteroatoms. The second-order valence-electron chi connectivity index (χ2n) is 2.70. The molecule has 0 aromatic carbocycles. The molecule has 65 valence electrons. The van der Waals surface area contributed by atoms with Gasteiger partial charge in [0.05, 0.1) is 0 Å². The molecule has 1 radical (unpaired) electrons. The average molecular weight is 164 g/mol. The lowest BCUT2D eigenvalue weighted by atomic mass is 10.2. The molecule has 12 heavy (non-hydrogen) atoms. The van der Waals surface area contributed by atoms with Crippen LogP contribution in [0, 0.1) is 6.33 Å². The van der Waals surface area contributed by atoms with Crippen LogP contribution in [0.5, 0.6) is 0 Å². The first-order valence-corrected chi connectivity index (χ1v) is 4.32. The fourth-order valence-corrected chi connectivity index (χ4v) is 1.04. The van der Waals surface area contributed by atoms with E-state index in [9.17, 15) is 0 Å². The predicted molar refractivity (Wildman–Crippen MR) is 48.9 cm³/mol. The minimum atomic E-state index is 0.508. The summed E-state index contributed by atoms with van der Waals surface area (Å²) >= 11 is 0. The Morgan fingerprint density at radius 1 is 1.50 bits per heavy atom. The molecule has 0 saturated heterocycles. The number of nitrogens with one attached hydrogen (secondary N) is 1. The molecule has 0 aliphatic rings. The molecule has 0 bridgehead atoms. The first-order chi connectivity index (χ1) is 5.86. The fourth-order valence-electron chi connectivity index (χ4n) is 1.04. The minimum absolute atomic E-state index is 0.508. The van der Waals surface area contributed by atoms with Crippen molar-refractivity contribution in [1.29, 1.82) is 0 Å². The van der Waals surface area contributed by atoms with Crippen LogP contribution in [0.2, 0.25) is 0 Å². The highest BCUT2D eigenvalue weighted by Crippen LogP contribution is 2.05. The maximum atomic E-state index is 3.97. The molecule has 0 aliphatic carbocycles. The molecule has 3 nitrogen and oxygen atoms in total. The van der Waals surface area contributed by atoms with Gasteiger partial charge in [-0.1, -0.05) is 13.8 Å². The van der Waals surface area contributed by atoms with Crippen LogP contribution in [-0.4, -0.2) is 16.0 Å². The van der Waals surface area contributed by atoms with Gasteiger partial charge in [-0.3, -0.25) is 0 Å². The molecule has 0 amide bonds. The zero-order valence-corrected chi connectivity index (χ0v) is 7.54. The molecular formula is C9H14N3. The zero-order chi connectivity index (χ0) is 8.81. The third kappa shape index (κ3) is 2.49. The predicted octanol–water partition coefficient (Wildman–Crippen LogP) is 1.88. The summed E-state index contributed by atoms with van der Waals surface area (Å²) in [5, 5.41) is 3.30. The average Bonchev–Trinajstić information content (AvgIpc) is 2.16. The van der Waals surface area contributed by atoms with Gasteiger partial charge in [-0.2, -0.15) is 0 Å². The molecule has 0 unspecified atom stereocenters. The van der Waals surface area contributed by atoms with Gasteiger partial charge in [0.2, 0.25) is 0 Å². The van der Waals surface area contributed by atoms with E-state index in [2.05, 4.69) is 35.5 Å². The summed E-state index contributed by atoms with van der Waals surface area (Å²) in [5.74, 6) is 0.860. The van der Waals surface area contributed by atoms with Gasteiger partial charge < -0.3 is 5.32 Å². The van der Waals surface area contributed by atoms with Crippen LogP contribution in [0.4, 0.5) is 5.82 Å². The van der Waals surface area contributed by atoms with Crippen molar-refractivity contribution in [1.82, 2.24) is 9.97 Å². The van der Waals surface area contributed by atoms with Crippen LogP contribution in [0.3, 0.4) is 0 Å². The van der Waals surface area contributed by atoms with E-state index in [-0.39, 0.29) is 0 Å². The Balaban J connectivity index is 2.51. The molecule has 0 saturated carbocycles. The zero-order valence-electron chi connectivity index (χ0n) is 7.54. The summed E-state index contributed by atoms with van der Waals surface area (Å²) in [4.78, 5) is 7.70. The first-order valence-electron chi connectivity index (χ1n) is 4.32. The van der Waals surface area contributed by atoms with Crippen molar-refractivity contribution in [2.24, 2.45) is 0 Å². The van der Waals surface area contributed by atoms with E-state index in [4.69, 9.17) is 0 Å². The molecule has 1 aromatic heterocycles. The molecule has 0 spiro atoms. The maximum Gasteiger partial charge on any atom is 0.199 e. The lowest BCUT2D eigenvalue weighted by Gasteiger charge is -2.14. The molecule has 1 N–H and O–H groups in total. The second kappa shape index (κ2) is 4.70. The number of aromatic nitrogens is 2. The Morgan fingerprint density at radius 3 is 2.75 bits per heavy atom. The van der Waals surface area contributed by atoms with Crippen molar-refractivity contribution < 1.29 is 0 Å². The van der Waals surface area contributed by atoms with Gasteiger partial charge in [0.1, 0.15) is 5.82 Å². The lowest BCUT2D eigenvalue weighted by Crippen LogP contribution is -2.17. The number of rotatable bonds is 4. The molecule has 0 aliphatic heterocycles. The van der Waals surface area contributed by atoms with Crippen LogP contribution in [0.15, 0.2) is 12.3 Å². The van der Waals surface area contributed by atoms with E-state index in [1.807, 2.05) is 6.07 Å². The van der Waals surface area contributed by atoms with Gasteiger partial charge in [-0.15, -0.1) is 0 Å². The maximum absolute atomic E-state index is 3.97. The van der Waals surface area contributed by atoms with Gasteiger partial charge in [-0.25, -0.2) is 9.97 Å². The highest BCUT2D eigenvalue weighted by atomic mass is 15.0. The highest BCUT2D eigenvalue weighted by Gasteiger charge is 2.02. The van der Waals surface area contributed by atoms with Crippen LogP contribution in [0.1, 0.15) is 26.7 Å². The molecule has 1 aromatic rings. The summed E-state index contributed by atoms with van der Waals surface area (Å²) in [6, 6.07) is 2.36. The summed E-state index contributed by atoms with van der Waals surface area (Å²) in [6.45, 7) is 4.32. The van der Waals surface area contributed by atoms with E-state index in [1.54, 1.807) is 6.20 Å². The Kier molecular flexibility index (Phi) is 3.51. The van der Waals surface area contributed by atoms with Crippen molar-refractivity contribution >= 4 is 5.82 Å². The highest BCUT2D eigenvalue weighted by molar-refractivity contribution is 5.32. The molecule has 0 fully saturated rings. The first kappa shape index (κ1) is 8.97. The largest absolute Gasteiger partial charge is 0.367 e. The Bertz CT molecular complexity index is 206. The Morgan fingerprint density at radius 2 is 2.25 bits per heavy atom. The van der Waals surface area contributed by atoms with Crippen molar-refractivity contribution in [2.75, 3.05) is 5.32 Å². The molecular weight excluding hydrogens is 150 g/mol. The number of nitrogens with zero attached hydrogens (tertiary/aromatic N) is 2. The van der Waals surface area contributed by atoms with Gasteiger partial charge in [0, 0.05) is 12.2 Å². The molecule has 0 atom stereocenters. The molecule has 1 rings (SSSR count). The number of hydrogen-bond acceptors (Lipinski definition) is 3. The summed E-state index contributed by atoms with van der Waals surface area (Å²) < 4.78 is 0. The van der Waals surface area contributed by atoms with Crippen molar-refractivity contribution in [3.63, 3.8) is 0 Å². The monoisotopic (exact) mass is 164 g/mol. The molecule has 1 heterocycles. The van der Waals surface area contributed by atoms with Crippen molar-refractivity contribution in [3.8, 4) is 0 Å². The van der Waals surface area contributed by atoms with E-state index >= 15 is 0 Å². The van der Waals surface area contributed by atoms with E-state index in [0.717, 1.165) is 18.7 Å². The van der Waals surface area contributed by atoms with Gasteiger partial charge in [0.15, 0.2) is 6.33 Å². The SMILES string of the molecule is CCC(CC)Nc1ccn[c]n1. The Labute approximate surface area is 73.2 Å². The fraction of sp³-hybridized carbons (Fsp3) is 0.556. The summed E-state index contributed by atoms with van der Waals surface area (Å²) in [5.41, 5.74) is 0. The van der Waals surface area contributed by atoms with E-state index < -0.39 is 0 Å². The van der Waals surface area contributed by atoms with Gasteiger partial charge in [-0.05, 0) is 18.9 Å². The normalized spacial score (nSPS) is 10.2. The van der Waals surface area contributed by atoms with Crippen LogP contribution < -0.4 is 5.32 Å². The number of anilines is 1. The van der Waals surface area contributed by atoms with Gasteiger partial charge in [0.25, 0.3) is 0 Å². The van der Waals surface area contributed by atoms with Gasteiger partial charge >= 0.3 is 0 Å². The van der Waals surface area contributed by atoms with Crippen LogP contribution in [-0.2, 0) is 0 Å². The lowest BCUT2D eigenvalue weighted by molar-refractivity contribution is 0.668. The van der Waals surface area contributed by atoms with Crippen molar-refractivity contribution in [2.45, 2.75) is 32.7 Å². The smallest absolute Gasteiger partial charge is 0.199 e. The third-order valence-electron chi connectivity index (χ3n) is 1.87. The van der Waals surface area contributed by atoms with Crippen LogP contribution in [0.25, 0.3) is 0 Å². The van der Waals surface area contributed by atoms with E-state index in [0.29, 0.717) is 6.04 Å². The third-order valence-corrected chi connectivity index (χ3v) is 1.87. The Hall–Kier alpha value is -1.12. The minimum Gasteiger partial charge on any atom is -0.367 e. The number of hydrogen-bond donors (Lipinski definition) is 1. The summed E-state index contributed by atoms with van der Waals surface area (Å²) in [6.07, 6.45) is 6.47. The van der Waals surface area contributed by atoms with E-state index in [1.165, 1.54) is 0 Å². The van der Waals surface area contributed by atoms with Crippen LogP contribution >= 0.6 is 0 Å². The topological polar surface area (TPSA) is 37.8 Å². The second-order valence-corrected chi connectivity index (χ2v) is 2.70. The quantitative estimate of drug-likeness (QED) is 0.738. The summed E-state index contributed by atoms with van der Waals surface area (Å²) in [7, 11) is 0. The standard InChI is InChI=1S/C9H14N3/c1-3-8(4-2)12-9-5-6-10-7-11-9/h5-6,8H,3-4H2,1-2H3,(H,10,11,12). The van der Waals surface area contributed by atoms with Crippen molar-refractivity contribution in [3.05, 3.63) is 18.6 Å².